The highest BCUT2D eigenvalue weighted by Gasteiger charge is 2.06. The molecule has 3 heteroatoms. The van der Waals surface area contributed by atoms with E-state index in [1.165, 1.54) is 10.8 Å². The summed E-state index contributed by atoms with van der Waals surface area (Å²) in [5.41, 5.74) is 7.43. The lowest BCUT2D eigenvalue weighted by atomic mass is 10.0. The highest BCUT2D eigenvalue weighted by molar-refractivity contribution is 5.86. The maximum Gasteiger partial charge on any atom is 0.138 e. The molecule has 2 aromatic carbocycles. The van der Waals surface area contributed by atoms with Gasteiger partial charge in [-0.2, -0.15) is 0 Å². The minimum absolute atomic E-state index is 0.576. The molecule has 0 saturated carbocycles. The molecule has 0 spiro atoms. The second kappa shape index (κ2) is 4.63. The molecule has 3 nitrogen and oxygen atoms in total. The van der Waals surface area contributed by atoms with Gasteiger partial charge in [0.2, 0.25) is 0 Å². The molecule has 0 aliphatic heterocycles. The van der Waals surface area contributed by atoms with Crippen LogP contribution in [0, 0.1) is 0 Å². The maximum atomic E-state index is 5.50. The highest BCUT2D eigenvalue weighted by Crippen LogP contribution is 2.24. The zero-order valence-electron chi connectivity index (χ0n) is 9.97. The number of nitrogens with two attached hydrogens (primary N) is 1. The number of benzene rings is 2. The largest absolute Gasteiger partial charge is 0.361 e. The third-order valence-electron chi connectivity index (χ3n) is 2.99. The summed E-state index contributed by atoms with van der Waals surface area (Å²) in [6.45, 7) is 0.576. The Kier molecular flexibility index (Phi) is 2.82. The van der Waals surface area contributed by atoms with E-state index in [4.69, 9.17) is 10.3 Å². The summed E-state index contributed by atoms with van der Waals surface area (Å²) >= 11 is 0. The number of hydrogen-bond acceptors (Lipinski definition) is 3. The van der Waals surface area contributed by atoms with Crippen molar-refractivity contribution < 1.29 is 4.52 Å². The van der Waals surface area contributed by atoms with Gasteiger partial charge in [-0.05, 0) is 23.4 Å². The molecule has 0 saturated heterocycles. The van der Waals surface area contributed by atoms with Gasteiger partial charge in [0, 0.05) is 18.1 Å². The molecule has 0 fully saturated rings. The van der Waals surface area contributed by atoms with Gasteiger partial charge in [-0.1, -0.05) is 41.6 Å². The SMILES string of the molecule is NCCc1cc(-c2ccc3ccccc3c2)no1. The van der Waals surface area contributed by atoms with Crippen molar-refractivity contribution in [3.63, 3.8) is 0 Å². The first kappa shape index (κ1) is 11.0. The van der Waals surface area contributed by atoms with Gasteiger partial charge < -0.3 is 10.3 Å². The van der Waals surface area contributed by atoms with Crippen LogP contribution in [0.3, 0.4) is 0 Å². The fourth-order valence-electron chi connectivity index (χ4n) is 2.06. The molecule has 3 aromatic rings. The minimum atomic E-state index is 0.576. The van der Waals surface area contributed by atoms with E-state index in [-0.39, 0.29) is 0 Å². The molecule has 0 amide bonds. The van der Waals surface area contributed by atoms with Crippen LogP contribution >= 0.6 is 0 Å². The first-order valence-corrected chi connectivity index (χ1v) is 6.01. The average molecular weight is 238 g/mol. The van der Waals surface area contributed by atoms with Crippen LogP contribution in [0.5, 0.6) is 0 Å². The van der Waals surface area contributed by atoms with Crippen LogP contribution in [0.1, 0.15) is 5.76 Å². The van der Waals surface area contributed by atoms with Gasteiger partial charge in [-0.3, -0.25) is 0 Å². The second-order valence-electron chi connectivity index (χ2n) is 4.28. The molecule has 90 valence electrons. The van der Waals surface area contributed by atoms with Gasteiger partial charge in [0.1, 0.15) is 11.5 Å². The normalized spacial score (nSPS) is 10.9. The van der Waals surface area contributed by atoms with Crippen LogP contribution in [0.2, 0.25) is 0 Å². The van der Waals surface area contributed by atoms with Gasteiger partial charge in [0.25, 0.3) is 0 Å². The van der Waals surface area contributed by atoms with Gasteiger partial charge in [0.05, 0.1) is 0 Å². The Hall–Kier alpha value is -2.13. The molecular weight excluding hydrogens is 224 g/mol. The van der Waals surface area contributed by atoms with Gasteiger partial charge >= 0.3 is 0 Å². The van der Waals surface area contributed by atoms with Crippen LogP contribution in [0.25, 0.3) is 22.0 Å². The van der Waals surface area contributed by atoms with Gasteiger partial charge in [-0.25, -0.2) is 0 Å². The average Bonchev–Trinajstić information content (AvgIpc) is 2.87. The summed E-state index contributed by atoms with van der Waals surface area (Å²) in [5, 5.41) is 6.52. The Morgan fingerprint density at radius 2 is 1.83 bits per heavy atom. The summed E-state index contributed by atoms with van der Waals surface area (Å²) in [6, 6.07) is 16.5. The van der Waals surface area contributed by atoms with Crippen LogP contribution in [0.4, 0.5) is 0 Å². The lowest BCUT2D eigenvalue weighted by Crippen LogP contribution is -2.01. The topological polar surface area (TPSA) is 52.0 Å². The molecule has 1 heterocycles. The zero-order chi connectivity index (χ0) is 12.4. The van der Waals surface area contributed by atoms with E-state index in [9.17, 15) is 0 Å². The Labute approximate surface area is 105 Å². The molecule has 0 aliphatic carbocycles. The van der Waals surface area contributed by atoms with Gasteiger partial charge in [-0.15, -0.1) is 0 Å². The Balaban J connectivity index is 2.02. The van der Waals surface area contributed by atoms with E-state index in [0.717, 1.165) is 23.4 Å². The Morgan fingerprint density at radius 1 is 1.00 bits per heavy atom. The number of fused-ring (bicyclic) bond motifs is 1. The summed E-state index contributed by atoms with van der Waals surface area (Å²) in [4.78, 5) is 0. The van der Waals surface area contributed by atoms with Crippen molar-refractivity contribution in [2.45, 2.75) is 6.42 Å². The van der Waals surface area contributed by atoms with Crippen molar-refractivity contribution in [1.29, 1.82) is 0 Å². The fourth-order valence-corrected chi connectivity index (χ4v) is 2.06. The number of rotatable bonds is 3. The first-order valence-electron chi connectivity index (χ1n) is 6.01. The summed E-state index contributed by atoms with van der Waals surface area (Å²) in [6.07, 6.45) is 0.723. The predicted octanol–water partition coefficient (Wildman–Crippen LogP) is 3.00. The van der Waals surface area contributed by atoms with E-state index < -0.39 is 0 Å². The molecule has 0 aliphatic rings. The number of aromatic nitrogens is 1. The molecule has 3 rings (SSSR count). The van der Waals surface area contributed by atoms with Gasteiger partial charge in [0.15, 0.2) is 0 Å². The summed E-state index contributed by atoms with van der Waals surface area (Å²) < 4.78 is 5.24. The number of hydrogen-bond donors (Lipinski definition) is 1. The van der Waals surface area contributed by atoms with Crippen LogP contribution < -0.4 is 5.73 Å². The Morgan fingerprint density at radius 3 is 2.67 bits per heavy atom. The first-order chi connectivity index (χ1) is 8.86. The molecule has 18 heavy (non-hydrogen) atoms. The van der Waals surface area contributed by atoms with Crippen LogP contribution in [0.15, 0.2) is 53.1 Å². The molecule has 1 aromatic heterocycles. The molecular formula is C15H14N2O. The van der Waals surface area contributed by atoms with Crippen molar-refractivity contribution in [3.8, 4) is 11.3 Å². The minimum Gasteiger partial charge on any atom is -0.361 e. The van der Waals surface area contributed by atoms with Crippen molar-refractivity contribution in [3.05, 3.63) is 54.3 Å². The van der Waals surface area contributed by atoms with E-state index in [2.05, 4.69) is 35.5 Å². The quantitative estimate of drug-likeness (QED) is 0.763. The summed E-state index contributed by atoms with van der Waals surface area (Å²) in [5.74, 6) is 0.834. The van der Waals surface area contributed by atoms with E-state index in [0.29, 0.717) is 6.54 Å². The standard InChI is InChI=1S/C15H14N2O/c16-8-7-14-10-15(17-18-14)13-6-5-11-3-1-2-4-12(11)9-13/h1-6,9-10H,7-8,16H2. The van der Waals surface area contributed by atoms with Crippen molar-refractivity contribution in [2.75, 3.05) is 6.54 Å². The maximum absolute atomic E-state index is 5.50. The van der Waals surface area contributed by atoms with Crippen molar-refractivity contribution in [1.82, 2.24) is 5.16 Å². The summed E-state index contributed by atoms with van der Waals surface area (Å²) in [7, 11) is 0. The second-order valence-corrected chi connectivity index (χ2v) is 4.28. The van der Waals surface area contributed by atoms with E-state index in [1.807, 2.05) is 18.2 Å². The lowest BCUT2D eigenvalue weighted by Gasteiger charge is -1.99. The Bertz CT molecular complexity index is 673. The molecule has 0 unspecified atom stereocenters. The lowest BCUT2D eigenvalue weighted by molar-refractivity contribution is 0.386. The van der Waals surface area contributed by atoms with E-state index in [1.54, 1.807) is 0 Å². The third-order valence-corrected chi connectivity index (χ3v) is 2.99. The van der Waals surface area contributed by atoms with Crippen molar-refractivity contribution in [2.24, 2.45) is 5.73 Å². The smallest absolute Gasteiger partial charge is 0.138 e. The fraction of sp³-hybridized carbons (Fsp3) is 0.133. The molecule has 0 bridgehead atoms. The molecule has 2 N–H and O–H groups in total. The van der Waals surface area contributed by atoms with Crippen molar-refractivity contribution >= 4 is 10.8 Å². The van der Waals surface area contributed by atoms with Crippen LogP contribution in [-0.2, 0) is 6.42 Å². The molecule has 0 atom stereocenters. The number of nitrogens with zero attached hydrogens (tertiary/aromatic N) is 1. The van der Waals surface area contributed by atoms with Crippen LogP contribution in [-0.4, -0.2) is 11.7 Å². The zero-order valence-corrected chi connectivity index (χ0v) is 9.97. The monoisotopic (exact) mass is 238 g/mol. The highest BCUT2D eigenvalue weighted by atomic mass is 16.5. The molecule has 0 radical (unpaired) electrons. The van der Waals surface area contributed by atoms with E-state index >= 15 is 0 Å². The third kappa shape index (κ3) is 2.00. The predicted molar refractivity (Wildman–Crippen MR) is 72.2 cm³/mol.